The lowest BCUT2D eigenvalue weighted by molar-refractivity contribution is -0.116. The van der Waals surface area contributed by atoms with Crippen LogP contribution in [0.4, 0.5) is 0 Å². The molecule has 0 saturated carbocycles. The van der Waals surface area contributed by atoms with Gasteiger partial charge in [0.25, 0.3) is 5.91 Å². The largest absolute Gasteiger partial charge is 0.493 e. The first-order valence-electron chi connectivity index (χ1n) is 9.96. The van der Waals surface area contributed by atoms with Crippen LogP contribution in [0, 0.1) is 0 Å². The van der Waals surface area contributed by atoms with Crippen molar-refractivity contribution in [3.8, 4) is 11.5 Å². The molecule has 0 fully saturated rings. The molecule has 0 aromatic heterocycles. The van der Waals surface area contributed by atoms with Gasteiger partial charge in [0, 0.05) is 16.5 Å². The van der Waals surface area contributed by atoms with Gasteiger partial charge in [-0.1, -0.05) is 43.0 Å². The van der Waals surface area contributed by atoms with Crippen LogP contribution in [-0.4, -0.2) is 35.6 Å². The zero-order chi connectivity index (χ0) is 21.1. The topological polar surface area (TPSA) is 75.5 Å². The molecule has 0 unspecified atom stereocenters. The molecular formula is C22H24N4O3S. The van der Waals surface area contributed by atoms with Crippen LogP contribution in [0.1, 0.15) is 32.0 Å². The van der Waals surface area contributed by atoms with Crippen LogP contribution in [0.15, 0.2) is 52.6 Å². The number of ether oxygens (including phenoxy) is 2. The Balaban J connectivity index is 1.87. The molecule has 1 N–H and O–H groups in total. The SMILES string of the molecule is CCCSC1=NN2C(=c3ccccc3=N[C@@H]2c2ccc(OC)c(OCC)c2)C(=O)N1. The van der Waals surface area contributed by atoms with Gasteiger partial charge in [0.05, 0.1) is 19.1 Å². The van der Waals surface area contributed by atoms with E-state index in [1.54, 1.807) is 12.1 Å². The predicted octanol–water partition coefficient (Wildman–Crippen LogP) is 2.38. The molecule has 0 spiro atoms. The normalized spacial score (nSPS) is 17.4. The van der Waals surface area contributed by atoms with E-state index in [1.165, 1.54) is 11.8 Å². The number of hydrogen-bond acceptors (Lipinski definition) is 7. The van der Waals surface area contributed by atoms with Gasteiger partial charge in [-0.25, -0.2) is 5.01 Å². The van der Waals surface area contributed by atoms with Crippen LogP contribution in [0.5, 0.6) is 11.5 Å². The summed E-state index contributed by atoms with van der Waals surface area (Å²) in [6.07, 6.45) is 0.506. The second kappa shape index (κ2) is 8.79. The van der Waals surface area contributed by atoms with Crippen molar-refractivity contribution in [1.82, 2.24) is 10.3 Å². The van der Waals surface area contributed by atoms with Gasteiger partial charge in [-0.05, 0) is 31.5 Å². The zero-order valence-corrected chi connectivity index (χ0v) is 18.0. The van der Waals surface area contributed by atoms with E-state index in [0.29, 0.717) is 29.0 Å². The van der Waals surface area contributed by atoms with E-state index in [1.807, 2.05) is 49.4 Å². The quantitative estimate of drug-likeness (QED) is 0.771. The number of nitrogens with one attached hydrogen (secondary N) is 1. The first-order valence-corrected chi connectivity index (χ1v) is 10.9. The van der Waals surface area contributed by atoms with E-state index in [2.05, 4.69) is 12.2 Å². The number of amidine groups is 1. The maximum atomic E-state index is 13.0. The molecule has 156 valence electrons. The van der Waals surface area contributed by atoms with Gasteiger partial charge in [-0.2, -0.15) is 0 Å². The highest BCUT2D eigenvalue weighted by molar-refractivity contribution is 8.13. The first kappa shape index (κ1) is 20.3. The lowest BCUT2D eigenvalue weighted by atomic mass is 10.1. The molecule has 30 heavy (non-hydrogen) atoms. The highest BCUT2D eigenvalue weighted by atomic mass is 32.2. The van der Waals surface area contributed by atoms with E-state index in [4.69, 9.17) is 19.6 Å². The summed E-state index contributed by atoms with van der Waals surface area (Å²) in [5, 5.41) is 11.5. The number of fused-ring (bicyclic) bond motifs is 2. The molecule has 4 rings (SSSR count). The number of carbonyl (C=O) groups is 1. The van der Waals surface area contributed by atoms with E-state index >= 15 is 0 Å². The Morgan fingerprint density at radius 1 is 1.17 bits per heavy atom. The fourth-order valence-electron chi connectivity index (χ4n) is 3.43. The highest BCUT2D eigenvalue weighted by Crippen LogP contribution is 2.36. The molecule has 7 nitrogen and oxygen atoms in total. The van der Waals surface area contributed by atoms with Gasteiger partial charge in [0.2, 0.25) is 0 Å². The summed E-state index contributed by atoms with van der Waals surface area (Å²) in [6, 6.07) is 13.3. The van der Waals surface area contributed by atoms with Gasteiger partial charge in [0.1, 0.15) is 5.70 Å². The molecule has 0 radical (unpaired) electrons. The molecule has 2 aromatic rings. The summed E-state index contributed by atoms with van der Waals surface area (Å²) in [5.41, 5.74) is 1.37. The van der Waals surface area contributed by atoms with Crippen LogP contribution < -0.4 is 25.4 Å². The van der Waals surface area contributed by atoms with Gasteiger partial charge >= 0.3 is 0 Å². The van der Waals surface area contributed by atoms with Gasteiger partial charge in [-0.15, -0.1) is 5.10 Å². The van der Waals surface area contributed by atoms with Gasteiger partial charge in [-0.3, -0.25) is 15.1 Å². The van der Waals surface area contributed by atoms with E-state index in [9.17, 15) is 4.79 Å². The van der Waals surface area contributed by atoms with Crippen LogP contribution >= 0.6 is 11.8 Å². The third kappa shape index (κ3) is 3.75. The molecule has 8 heteroatoms. The Morgan fingerprint density at radius 2 is 2.00 bits per heavy atom. The van der Waals surface area contributed by atoms with E-state index < -0.39 is 6.17 Å². The summed E-state index contributed by atoms with van der Waals surface area (Å²) < 4.78 is 11.2. The van der Waals surface area contributed by atoms with Gasteiger partial charge in [0.15, 0.2) is 22.8 Å². The van der Waals surface area contributed by atoms with E-state index in [0.717, 1.165) is 28.3 Å². The molecule has 0 aliphatic carbocycles. The number of rotatable bonds is 6. The summed E-state index contributed by atoms with van der Waals surface area (Å²) in [5.74, 6) is 1.99. The summed E-state index contributed by atoms with van der Waals surface area (Å²) >= 11 is 1.53. The highest BCUT2D eigenvalue weighted by Gasteiger charge is 2.34. The van der Waals surface area contributed by atoms with Crippen LogP contribution in [0.3, 0.4) is 0 Å². The number of thioether (sulfide) groups is 1. The second-order valence-corrected chi connectivity index (χ2v) is 7.85. The minimum Gasteiger partial charge on any atom is -0.493 e. The monoisotopic (exact) mass is 424 g/mol. The number of benzene rings is 2. The van der Waals surface area contributed by atoms with Crippen molar-refractivity contribution in [3.63, 3.8) is 0 Å². The fourth-order valence-corrected chi connectivity index (χ4v) is 4.14. The van der Waals surface area contributed by atoms with Crippen LogP contribution in [0.25, 0.3) is 5.70 Å². The molecule has 0 bridgehead atoms. The van der Waals surface area contributed by atoms with Crippen molar-refractivity contribution < 1.29 is 14.3 Å². The molecule has 2 aliphatic heterocycles. The maximum Gasteiger partial charge on any atom is 0.276 e. The van der Waals surface area contributed by atoms with Crippen molar-refractivity contribution in [2.75, 3.05) is 19.5 Å². The van der Waals surface area contributed by atoms with Crippen molar-refractivity contribution >= 4 is 28.5 Å². The summed E-state index contributed by atoms with van der Waals surface area (Å²) in [4.78, 5) is 18.0. The maximum absolute atomic E-state index is 13.0. The predicted molar refractivity (Wildman–Crippen MR) is 118 cm³/mol. The molecule has 2 heterocycles. The summed E-state index contributed by atoms with van der Waals surface area (Å²) in [7, 11) is 1.61. The number of methoxy groups -OCH3 is 1. The Hall–Kier alpha value is -3.00. The molecule has 1 amide bonds. The summed E-state index contributed by atoms with van der Waals surface area (Å²) in [6.45, 7) is 4.54. The standard InChI is InChI=1S/C22H24N4O3S/c1-4-12-30-22-24-21(27)19-15-8-6-7-9-16(15)23-20(26(19)25-22)14-10-11-17(28-3)18(13-14)29-5-2/h6-11,13,20H,4-5,12H2,1-3H3,(H,24,25,27)/t20-/m0/s1. The van der Waals surface area contributed by atoms with Crippen molar-refractivity contribution in [2.24, 2.45) is 10.1 Å². The number of hydrazone groups is 1. The molecule has 2 aromatic carbocycles. The average Bonchev–Trinajstić information content (AvgIpc) is 2.77. The Labute approximate surface area is 179 Å². The molecule has 0 saturated heterocycles. The number of hydrogen-bond donors (Lipinski definition) is 1. The minimum absolute atomic E-state index is 0.172. The Kier molecular flexibility index (Phi) is 5.94. The Morgan fingerprint density at radius 3 is 2.77 bits per heavy atom. The van der Waals surface area contributed by atoms with Crippen molar-refractivity contribution in [2.45, 2.75) is 26.4 Å². The first-order chi connectivity index (χ1) is 14.7. The lowest BCUT2D eigenvalue weighted by Gasteiger charge is -2.34. The lowest BCUT2D eigenvalue weighted by Crippen LogP contribution is -2.50. The molecule has 2 aliphatic rings. The third-order valence-electron chi connectivity index (χ3n) is 4.74. The number of amides is 1. The minimum atomic E-state index is -0.483. The number of nitrogens with zero attached hydrogens (tertiary/aromatic N) is 3. The zero-order valence-electron chi connectivity index (χ0n) is 17.2. The van der Waals surface area contributed by atoms with Crippen molar-refractivity contribution in [1.29, 1.82) is 0 Å². The van der Waals surface area contributed by atoms with Crippen molar-refractivity contribution in [3.05, 3.63) is 58.6 Å². The average molecular weight is 425 g/mol. The van der Waals surface area contributed by atoms with Crippen LogP contribution in [-0.2, 0) is 4.79 Å². The molecular weight excluding hydrogens is 400 g/mol. The smallest absolute Gasteiger partial charge is 0.276 e. The number of carbonyl (C=O) groups excluding carboxylic acids is 1. The molecule has 1 atom stereocenters. The van der Waals surface area contributed by atoms with E-state index in [-0.39, 0.29) is 5.91 Å². The third-order valence-corrected chi connectivity index (χ3v) is 5.81. The van der Waals surface area contributed by atoms with Gasteiger partial charge < -0.3 is 9.47 Å². The fraction of sp³-hybridized carbons (Fsp3) is 0.318. The van der Waals surface area contributed by atoms with Crippen LogP contribution in [0.2, 0.25) is 0 Å². The Bertz CT molecular complexity index is 1120. The number of para-hydroxylation sites is 1. The second-order valence-electron chi connectivity index (χ2n) is 6.76.